The van der Waals surface area contributed by atoms with E-state index in [-0.39, 0.29) is 28.3 Å². The summed E-state index contributed by atoms with van der Waals surface area (Å²) in [6.45, 7) is 4.00. The van der Waals surface area contributed by atoms with Gasteiger partial charge in [-0.3, -0.25) is 14.5 Å². The van der Waals surface area contributed by atoms with Crippen LogP contribution in [0.3, 0.4) is 0 Å². The van der Waals surface area contributed by atoms with E-state index in [1.807, 2.05) is 0 Å². The summed E-state index contributed by atoms with van der Waals surface area (Å²) in [7, 11) is -2.51. The number of amides is 2. The molecule has 2 fully saturated rings. The zero-order valence-electron chi connectivity index (χ0n) is 18.1. The molecule has 1 aromatic carbocycles. The minimum Gasteiger partial charge on any atom is -0.383 e. The predicted molar refractivity (Wildman–Crippen MR) is 121 cm³/mol. The second-order valence-corrected chi connectivity index (χ2v) is 9.87. The van der Waals surface area contributed by atoms with Crippen LogP contribution < -0.4 is 15.4 Å². The Hall–Kier alpha value is -1.76. The van der Waals surface area contributed by atoms with Gasteiger partial charge in [0.25, 0.3) is 0 Å². The lowest BCUT2D eigenvalue weighted by atomic mass is 10.2. The van der Waals surface area contributed by atoms with Crippen molar-refractivity contribution in [1.82, 2.24) is 14.5 Å². The average Bonchev–Trinajstić information content (AvgIpc) is 3.21. The molecule has 0 unspecified atom stereocenters. The SMILES string of the molecule is COCCN1CCN(C(=O)[C@H](CN)NS(=O)(=O)c2cccc(N3CCCC3=O)c2Cl)CC1. The van der Waals surface area contributed by atoms with Gasteiger partial charge in [0.1, 0.15) is 10.9 Å². The number of nitrogens with one attached hydrogen (secondary N) is 1. The molecule has 2 aliphatic rings. The highest BCUT2D eigenvalue weighted by molar-refractivity contribution is 7.89. The number of nitrogens with two attached hydrogens (primary N) is 1. The Balaban J connectivity index is 1.71. The van der Waals surface area contributed by atoms with Crippen LogP contribution in [0.4, 0.5) is 5.69 Å². The van der Waals surface area contributed by atoms with Gasteiger partial charge in [0.2, 0.25) is 21.8 Å². The van der Waals surface area contributed by atoms with Crippen molar-refractivity contribution in [3.8, 4) is 0 Å². The molecule has 2 heterocycles. The molecular formula is C20H30ClN5O5S. The Morgan fingerprint density at radius 2 is 1.97 bits per heavy atom. The highest BCUT2D eigenvalue weighted by atomic mass is 35.5. The maximum atomic E-state index is 13.1. The summed E-state index contributed by atoms with van der Waals surface area (Å²) >= 11 is 6.40. The minimum absolute atomic E-state index is 0.0507. The molecule has 2 aliphatic heterocycles. The number of hydrogen-bond acceptors (Lipinski definition) is 7. The Labute approximate surface area is 193 Å². The van der Waals surface area contributed by atoms with Crippen LogP contribution in [0.15, 0.2) is 23.1 Å². The van der Waals surface area contributed by atoms with Crippen molar-refractivity contribution in [3.05, 3.63) is 23.2 Å². The van der Waals surface area contributed by atoms with Gasteiger partial charge < -0.3 is 20.3 Å². The number of carbonyl (C=O) groups is 2. The third kappa shape index (κ3) is 5.59. The van der Waals surface area contributed by atoms with Crippen LogP contribution >= 0.6 is 11.6 Å². The van der Waals surface area contributed by atoms with Crippen LogP contribution in [0, 0.1) is 0 Å². The largest absolute Gasteiger partial charge is 0.383 e. The number of sulfonamides is 1. The third-order valence-corrected chi connectivity index (χ3v) is 7.75. The number of benzene rings is 1. The number of ether oxygens (including phenoxy) is 1. The molecule has 3 rings (SSSR count). The normalized spacial score (nSPS) is 18.9. The van der Waals surface area contributed by atoms with Crippen molar-refractivity contribution in [2.75, 3.05) is 64.4 Å². The van der Waals surface area contributed by atoms with Crippen molar-refractivity contribution in [2.45, 2.75) is 23.8 Å². The zero-order valence-corrected chi connectivity index (χ0v) is 19.7. The fourth-order valence-corrected chi connectivity index (χ4v) is 5.73. The molecule has 1 atom stereocenters. The van der Waals surface area contributed by atoms with Crippen LogP contribution in [-0.2, 0) is 24.3 Å². The monoisotopic (exact) mass is 487 g/mol. The Bertz CT molecular complexity index is 936. The summed E-state index contributed by atoms with van der Waals surface area (Å²) in [6, 6.07) is 3.37. The van der Waals surface area contributed by atoms with Crippen molar-refractivity contribution in [3.63, 3.8) is 0 Å². The molecule has 0 aromatic heterocycles. The zero-order chi connectivity index (χ0) is 23.3. The summed E-state index contributed by atoms with van der Waals surface area (Å²) in [6.07, 6.45) is 1.08. The van der Waals surface area contributed by atoms with Gasteiger partial charge in [-0.05, 0) is 18.6 Å². The van der Waals surface area contributed by atoms with E-state index >= 15 is 0 Å². The maximum absolute atomic E-state index is 13.1. The number of piperazine rings is 1. The summed E-state index contributed by atoms with van der Waals surface area (Å²) < 4.78 is 33.6. The summed E-state index contributed by atoms with van der Waals surface area (Å²) in [4.78, 5) is 30.1. The van der Waals surface area contributed by atoms with E-state index in [2.05, 4.69) is 9.62 Å². The van der Waals surface area contributed by atoms with E-state index in [1.54, 1.807) is 18.1 Å². The van der Waals surface area contributed by atoms with E-state index in [0.717, 1.165) is 6.54 Å². The number of halogens is 1. The molecule has 0 spiro atoms. The second-order valence-electron chi connectivity index (χ2n) is 7.81. The van der Waals surface area contributed by atoms with Crippen molar-refractivity contribution in [1.29, 1.82) is 0 Å². The molecule has 0 radical (unpaired) electrons. The van der Waals surface area contributed by atoms with E-state index in [0.29, 0.717) is 57.9 Å². The highest BCUT2D eigenvalue weighted by Gasteiger charge is 2.32. The van der Waals surface area contributed by atoms with Gasteiger partial charge in [0.05, 0.1) is 17.3 Å². The van der Waals surface area contributed by atoms with Gasteiger partial charge in [0, 0.05) is 59.3 Å². The fraction of sp³-hybridized carbons (Fsp3) is 0.600. The Kier molecular flexibility index (Phi) is 8.48. The fourth-order valence-electron chi connectivity index (χ4n) is 3.90. The van der Waals surface area contributed by atoms with E-state index in [9.17, 15) is 18.0 Å². The van der Waals surface area contributed by atoms with E-state index in [1.165, 1.54) is 17.0 Å². The van der Waals surface area contributed by atoms with Crippen LogP contribution in [0.5, 0.6) is 0 Å². The molecule has 0 bridgehead atoms. The quantitative estimate of drug-likeness (QED) is 0.496. The first-order valence-electron chi connectivity index (χ1n) is 10.6. The molecule has 10 nitrogen and oxygen atoms in total. The van der Waals surface area contributed by atoms with Crippen molar-refractivity contribution in [2.24, 2.45) is 5.73 Å². The summed E-state index contributed by atoms with van der Waals surface area (Å²) in [5, 5.41) is -0.0507. The lowest BCUT2D eigenvalue weighted by Crippen LogP contribution is -2.57. The number of carbonyl (C=O) groups excluding carboxylic acids is 2. The minimum atomic E-state index is -4.15. The second kappa shape index (κ2) is 10.9. The summed E-state index contributed by atoms with van der Waals surface area (Å²) in [5.41, 5.74) is 6.10. The molecule has 178 valence electrons. The molecular weight excluding hydrogens is 458 g/mol. The molecule has 32 heavy (non-hydrogen) atoms. The first kappa shape index (κ1) is 24.9. The number of rotatable bonds is 9. The first-order chi connectivity index (χ1) is 15.3. The molecule has 2 amide bonds. The number of methoxy groups -OCH3 is 1. The van der Waals surface area contributed by atoms with E-state index in [4.69, 9.17) is 22.1 Å². The topological polar surface area (TPSA) is 125 Å². The smallest absolute Gasteiger partial charge is 0.242 e. The Morgan fingerprint density at radius 3 is 2.56 bits per heavy atom. The van der Waals surface area contributed by atoms with Gasteiger partial charge in [-0.15, -0.1) is 0 Å². The average molecular weight is 488 g/mol. The van der Waals surface area contributed by atoms with Crippen LogP contribution in [-0.4, -0.2) is 95.6 Å². The van der Waals surface area contributed by atoms with Crippen LogP contribution in [0.2, 0.25) is 5.02 Å². The number of anilines is 1. The maximum Gasteiger partial charge on any atom is 0.242 e. The van der Waals surface area contributed by atoms with Gasteiger partial charge >= 0.3 is 0 Å². The molecule has 0 saturated carbocycles. The van der Waals surface area contributed by atoms with Gasteiger partial charge in [-0.2, -0.15) is 4.72 Å². The standard InChI is InChI=1S/C20H30ClN5O5S/c1-31-13-12-24-8-10-25(11-9-24)20(28)15(14-22)23-32(29,30)17-5-2-4-16(19(17)21)26-7-3-6-18(26)27/h2,4-5,15,23H,3,6-14,22H2,1H3/t15-/m0/s1. The first-order valence-corrected chi connectivity index (χ1v) is 12.5. The van der Waals surface area contributed by atoms with Crippen LogP contribution in [0.25, 0.3) is 0 Å². The number of hydrogen-bond donors (Lipinski definition) is 2. The van der Waals surface area contributed by atoms with Gasteiger partial charge in [0.15, 0.2) is 0 Å². The van der Waals surface area contributed by atoms with E-state index < -0.39 is 16.1 Å². The number of nitrogens with zero attached hydrogens (tertiary/aromatic N) is 3. The highest BCUT2D eigenvalue weighted by Crippen LogP contribution is 2.34. The molecule has 2 saturated heterocycles. The predicted octanol–water partition coefficient (Wildman–Crippen LogP) is -0.137. The molecule has 1 aromatic rings. The molecule has 3 N–H and O–H groups in total. The van der Waals surface area contributed by atoms with Gasteiger partial charge in [-0.1, -0.05) is 17.7 Å². The summed E-state index contributed by atoms with van der Waals surface area (Å²) in [5.74, 6) is -0.474. The Morgan fingerprint density at radius 1 is 1.25 bits per heavy atom. The molecule has 12 heteroatoms. The third-order valence-electron chi connectivity index (χ3n) is 5.72. The van der Waals surface area contributed by atoms with Crippen molar-refractivity contribution >= 4 is 39.1 Å². The molecule has 0 aliphatic carbocycles. The lowest BCUT2D eigenvalue weighted by Gasteiger charge is -2.36. The van der Waals surface area contributed by atoms with Gasteiger partial charge in [-0.25, -0.2) is 8.42 Å². The van der Waals surface area contributed by atoms with Crippen LogP contribution in [0.1, 0.15) is 12.8 Å². The lowest BCUT2D eigenvalue weighted by molar-refractivity contribution is -0.134. The van der Waals surface area contributed by atoms with Crippen molar-refractivity contribution < 1.29 is 22.7 Å².